The van der Waals surface area contributed by atoms with Gasteiger partial charge in [0.1, 0.15) is 16.5 Å². The van der Waals surface area contributed by atoms with Gasteiger partial charge in [-0.15, -0.1) is 11.3 Å². The van der Waals surface area contributed by atoms with Crippen LogP contribution >= 0.6 is 11.3 Å². The quantitative estimate of drug-likeness (QED) is 0.772. The third kappa shape index (κ3) is 2.98. The van der Waals surface area contributed by atoms with Crippen LogP contribution in [0.5, 0.6) is 0 Å². The molecule has 3 heterocycles. The highest BCUT2D eigenvalue weighted by atomic mass is 32.1. The van der Waals surface area contributed by atoms with E-state index in [0.717, 1.165) is 33.0 Å². The monoisotopic (exact) mass is 353 g/mol. The minimum Gasteiger partial charge on any atom is -0.481 e. The van der Waals surface area contributed by atoms with Gasteiger partial charge in [0.05, 0.1) is 11.3 Å². The number of fused-ring (bicyclic) bond motifs is 1. The first kappa shape index (κ1) is 16.0. The van der Waals surface area contributed by atoms with E-state index in [1.807, 2.05) is 25.1 Å². The van der Waals surface area contributed by atoms with Crippen LogP contribution in [0.2, 0.25) is 0 Å². The zero-order chi connectivity index (χ0) is 17.4. The highest BCUT2D eigenvalue weighted by Crippen LogP contribution is 2.39. The number of carboxylic acids is 1. The molecule has 1 aliphatic rings. The molecule has 0 atom stereocenters. The molecule has 1 fully saturated rings. The second-order valence-electron chi connectivity index (χ2n) is 6.39. The summed E-state index contributed by atoms with van der Waals surface area (Å²) in [4.78, 5) is 23.8. The van der Waals surface area contributed by atoms with Crippen molar-refractivity contribution in [3.05, 3.63) is 41.5 Å². The molecule has 0 aliphatic carbocycles. The van der Waals surface area contributed by atoms with Gasteiger partial charge in [-0.05, 0) is 25.3 Å². The van der Waals surface area contributed by atoms with Gasteiger partial charge in [0.15, 0.2) is 0 Å². The van der Waals surface area contributed by atoms with Crippen LogP contribution in [-0.2, 0) is 4.79 Å². The van der Waals surface area contributed by atoms with E-state index in [0.29, 0.717) is 25.9 Å². The number of carbonyl (C=O) groups is 1. The fourth-order valence-electron chi connectivity index (χ4n) is 3.42. The number of aromatic nitrogens is 2. The fourth-order valence-corrected chi connectivity index (χ4v) is 4.41. The molecule has 0 radical (unpaired) electrons. The number of aliphatic carboxylic acids is 1. The summed E-state index contributed by atoms with van der Waals surface area (Å²) in [5.41, 5.74) is 2.30. The van der Waals surface area contributed by atoms with Crippen molar-refractivity contribution in [1.29, 1.82) is 0 Å². The van der Waals surface area contributed by atoms with Crippen molar-refractivity contribution >= 4 is 33.3 Å². The number of anilines is 1. The van der Waals surface area contributed by atoms with Crippen molar-refractivity contribution < 1.29 is 9.90 Å². The smallest absolute Gasteiger partial charge is 0.306 e. The van der Waals surface area contributed by atoms with Gasteiger partial charge in [0.25, 0.3) is 0 Å². The van der Waals surface area contributed by atoms with E-state index < -0.39 is 5.97 Å². The molecule has 0 unspecified atom stereocenters. The standard InChI is InChI=1S/C19H19N3O2S/c1-12-20-17(22-9-7-14(8-10-22)19(23)24)16-15(11-25-18(16)21-12)13-5-3-2-4-6-13/h2-6,11,14H,7-10H2,1H3,(H,23,24). The lowest BCUT2D eigenvalue weighted by Crippen LogP contribution is -2.37. The van der Waals surface area contributed by atoms with Crippen LogP contribution in [0, 0.1) is 12.8 Å². The van der Waals surface area contributed by atoms with Gasteiger partial charge >= 0.3 is 5.97 Å². The summed E-state index contributed by atoms with van der Waals surface area (Å²) in [6.07, 6.45) is 1.31. The largest absolute Gasteiger partial charge is 0.481 e. The maximum absolute atomic E-state index is 11.2. The Kier molecular flexibility index (Phi) is 4.13. The number of thiophene rings is 1. The molecule has 2 aromatic heterocycles. The molecule has 5 nitrogen and oxygen atoms in total. The number of piperidine rings is 1. The topological polar surface area (TPSA) is 66.3 Å². The van der Waals surface area contributed by atoms with E-state index in [1.165, 1.54) is 0 Å². The fraction of sp³-hybridized carbons (Fsp3) is 0.316. The molecule has 128 valence electrons. The lowest BCUT2D eigenvalue weighted by molar-refractivity contribution is -0.142. The molecule has 1 N–H and O–H groups in total. The predicted molar refractivity (Wildman–Crippen MR) is 100 cm³/mol. The molecule has 3 aromatic rings. The first-order chi connectivity index (χ1) is 12.1. The average Bonchev–Trinajstić information content (AvgIpc) is 3.05. The summed E-state index contributed by atoms with van der Waals surface area (Å²) in [5, 5.41) is 12.4. The third-order valence-electron chi connectivity index (χ3n) is 4.75. The molecule has 1 aromatic carbocycles. The number of hydrogen-bond donors (Lipinski definition) is 1. The molecule has 0 amide bonds. The molecule has 1 saturated heterocycles. The number of benzene rings is 1. The normalized spacial score (nSPS) is 15.6. The molecule has 6 heteroatoms. The van der Waals surface area contributed by atoms with Gasteiger partial charge in [-0.2, -0.15) is 0 Å². The zero-order valence-electron chi connectivity index (χ0n) is 14.0. The minimum absolute atomic E-state index is 0.245. The molecule has 0 saturated carbocycles. The highest BCUT2D eigenvalue weighted by molar-refractivity contribution is 7.17. The summed E-state index contributed by atoms with van der Waals surface area (Å²) in [6, 6.07) is 10.3. The third-order valence-corrected chi connectivity index (χ3v) is 5.63. The second kappa shape index (κ2) is 6.44. The Hall–Kier alpha value is -2.47. The minimum atomic E-state index is -0.691. The van der Waals surface area contributed by atoms with E-state index in [9.17, 15) is 9.90 Å². The number of nitrogens with zero attached hydrogens (tertiary/aromatic N) is 3. The Labute approximate surface area is 150 Å². The summed E-state index contributed by atoms with van der Waals surface area (Å²) in [5.74, 6) is 0.755. The molecular weight excluding hydrogens is 334 g/mol. The van der Waals surface area contributed by atoms with Crippen LogP contribution in [-0.4, -0.2) is 34.1 Å². The van der Waals surface area contributed by atoms with Crippen LogP contribution in [0.25, 0.3) is 21.3 Å². The summed E-state index contributed by atoms with van der Waals surface area (Å²) in [6.45, 7) is 3.34. The van der Waals surface area contributed by atoms with Gasteiger partial charge in [-0.25, -0.2) is 9.97 Å². The van der Waals surface area contributed by atoms with Gasteiger partial charge in [-0.3, -0.25) is 4.79 Å². The van der Waals surface area contributed by atoms with E-state index in [2.05, 4.69) is 27.4 Å². The van der Waals surface area contributed by atoms with Crippen LogP contribution < -0.4 is 4.90 Å². The van der Waals surface area contributed by atoms with Crippen molar-refractivity contribution in [3.8, 4) is 11.1 Å². The molecule has 1 aliphatic heterocycles. The lowest BCUT2D eigenvalue weighted by Gasteiger charge is -2.31. The lowest BCUT2D eigenvalue weighted by atomic mass is 9.96. The van der Waals surface area contributed by atoms with Gasteiger partial charge in [0, 0.05) is 24.0 Å². The van der Waals surface area contributed by atoms with E-state index in [4.69, 9.17) is 4.98 Å². The van der Waals surface area contributed by atoms with Crippen molar-refractivity contribution in [2.24, 2.45) is 5.92 Å². The SMILES string of the molecule is Cc1nc(N2CCC(C(=O)O)CC2)c2c(-c3ccccc3)csc2n1. The van der Waals surface area contributed by atoms with Crippen LogP contribution in [0.15, 0.2) is 35.7 Å². The van der Waals surface area contributed by atoms with E-state index >= 15 is 0 Å². The Morgan fingerprint density at radius 3 is 2.60 bits per heavy atom. The van der Waals surface area contributed by atoms with Crippen molar-refractivity contribution in [3.63, 3.8) is 0 Å². The maximum Gasteiger partial charge on any atom is 0.306 e. The molecule has 25 heavy (non-hydrogen) atoms. The van der Waals surface area contributed by atoms with E-state index in [-0.39, 0.29) is 5.92 Å². The highest BCUT2D eigenvalue weighted by Gasteiger charge is 2.27. The zero-order valence-corrected chi connectivity index (χ0v) is 14.8. The van der Waals surface area contributed by atoms with Gasteiger partial charge < -0.3 is 10.0 Å². The number of rotatable bonds is 3. The van der Waals surface area contributed by atoms with Gasteiger partial charge in [0.2, 0.25) is 0 Å². The molecular formula is C19H19N3O2S. The Bertz CT molecular complexity index is 915. The number of hydrogen-bond acceptors (Lipinski definition) is 5. The van der Waals surface area contributed by atoms with Crippen LogP contribution in [0.4, 0.5) is 5.82 Å². The van der Waals surface area contributed by atoms with Crippen molar-refractivity contribution in [1.82, 2.24) is 9.97 Å². The Morgan fingerprint density at radius 2 is 1.92 bits per heavy atom. The Morgan fingerprint density at radius 1 is 1.20 bits per heavy atom. The predicted octanol–water partition coefficient (Wildman–Crippen LogP) is 3.97. The van der Waals surface area contributed by atoms with E-state index in [1.54, 1.807) is 11.3 Å². The van der Waals surface area contributed by atoms with Crippen LogP contribution in [0.1, 0.15) is 18.7 Å². The summed E-state index contributed by atoms with van der Waals surface area (Å²) < 4.78 is 0. The second-order valence-corrected chi connectivity index (χ2v) is 7.25. The maximum atomic E-state index is 11.2. The summed E-state index contributed by atoms with van der Waals surface area (Å²) in [7, 11) is 0. The van der Waals surface area contributed by atoms with Crippen molar-refractivity contribution in [2.75, 3.05) is 18.0 Å². The van der Waals surface area contributed by atoms with Crippen LogP contribution in [0.3, 0.4) is 0 Å². The van der Waals surface area contributed by atoms with Gasteiger partial charge in [-0.1, -0.05) is 30.3 Å². The Balaban J connectivity index is 1.78. The average molecular weight is 353 g/mol. The van der Waals surface area contributed by atoms with Crippen molar-refractivity contribution in [2.45, 2.75) is 19.8 Å². The summed E-state index contributed by atoms with van der Waals surface area (Å²) >= 11 is 1.63. The molecule has 4 rings (SSSR count). The first-order valence-corrected chi connectivity index (χ1v) is 9.30. The molecule has 0 spiro atoms. The number of aryl methyl sites for hydroxylation is 1. The molecule has 0 bridgehead atoms. The number of carboxylic acid groups (broad SMARTS) is 1. The first-order valence-electron chi connectivity index (χ1n) is 8.42.